The summed E-state index contributed by atoms with van der Waals surface area (Å²) in [5, 5.41) is 4.63. The van der Waals surface area contributed by atoms with Gasteiger partial charge in [0.05, 0.1) is 18.3 Å². The molecular weight excluding hydrogens is 364 g/mol. The summed E-state index contributed by atoms with van der Waals surface area (Å²) in [6.07, 6.45) is 8.86. The van der Waals surface area contributed by atoms with Crippen molar-refractivity contribution < 1.29 is 0 Å². The topological polar surface area (TPSA) is 76.8 Å². The smallest absolute Gasteiger partial charge is 0.266 e. The highest BCUT2D eigenvalue weighted by Gasteiger charge is 2.31. The highest BCUT2D eigenvalue weighted by Crippen LogP contribution is 2.33. The van der Waals surface area contributed by atoms with E-state index in [0.29, 0.717) is 6.54 Å². The molecule has 4 heterocycles. The molecule has 1 atom stereocenters. The van der Waals surface area contributed by atoms with Crippen LogP contribution in [0, 0.1) is 6.92 Å². The van der Waals surface area contributed by atoms with Crippen molar-refractivity contribution in [2.45, 2.75) is 51.6 Å². The van der Waals surface area contributed by atoms with Gasteiger partial charge in [0.2, 0.25) is 0 Å². The summed E-state index contributed by atoms with van der Waals surface area (Å²) in [7, 11) is 0. The molecule has 0 aromatic carbocycles. The Hall–Kier alpha value is -3.09. The zero-order chi connectivity index (χ0) is 19.8. The summed E-state index contributed by atoms with van der Waals surface area (Å²) < 4.78 is 1.60. The van der Waals surface area contributed by atoms with Crippen LogP contribution in [0.3, 0.4) is 0 Å². The van der Waals surface area contributed by atoms with E-state index in [2.05, 4.69) is 20.0 Å². The van der Waals surface area contributed by atoms with Crippen LogP contribution in [0.1, 0.15) is 36.3 Å². The number of nitrogens with zero attached hydrogens (tertiary/aromatic N) is 6. The summed E-state index contributed by atoms with van der Waals surface area (Å²) >= 11 is 0. The first kappa shape index (κ1) is 18.0. The number of hydrogen-bond acceptors (Lipinski definition) is 6. The largest absolute Gasteiger partial charge is 0.351 e. The van der Waals surface area contributed by atoms with Gasteiger partial charge in [0, 0.05) is 41.8 Å². The highest BCUT2D eigenvalue weighted by atomic mass is 16.1. The molecule has 3 aromatic rings. The lowest BCUT2D eigenvalue weighted by molar-refractivity contribution is 0.488. The second-order valence-corrected chi connectivity index (χ2v) is 7.84. The predicted octanol–water partition coefficient (Wildman–Crippen LogP) is 2.56. The van der Waals surface area contributed by atoms with Gasteiger partial charge in [0.25, 0.3) is 5.56 Å². The second kappa shape index (κ2) is 7.39. The second-order valence-electron chi connectivity index (χ2n) is 7.84. The fraction of sp³-hybridized carbons (Fsp3) is 0.409. The minimum absolute atomic E-state index is 0.0754. The van der Waals surface area contributed by atoms with E-state index in [-0.39, 0.29) is 11.6 Å². The zero-order valence-corrected chi connectivity index (χ0v) is 16.6. The van der Waals surface area contributed by atoms with Gasteiger partial charge in [0.15, 0.2) is 0 Å². The van der Waals surface area contributed by atoms with Crippen LogP contribution < -0.4 is 10.5 Å². The van der Waals surface area contributed by atoms with E-state index in [4.69, 9.17) is 4.98 Å². The molecule has 7 heteroatoms. The Kier molecular flexibility index (Phi) is 4.58. The van der Waals surface area contributed by atoms with Crippen LogP contribution in [0.4, 0.5) is 5.82 Å². The van der Waals surface area contributed by atoms with Crippen LogP contribution in [0.2, 0.25) is 0 Å². The van der Waals surface area contributed by atoms with Crippen molar-refractivity contribution in [2.75, 3.05) is 11.4 Å². The average Bonchev–Trinajstić information content (AvgIpc) is 3.39. The predicted molar refractivity (Wildman–Crippen MR) is 111 cm³/mol. The van der Waals surface area contributed by atoms with Crippen molar-refractivity contribution >= 4 is 5.82 Å². The maximum atomic E-state index is 12.5. The maximum absolute atomic E-state index is 12.5. The highest BCUT2D eigenvalue weighted by molar-refractivity contribution is 5.56. The van der Waals surface area contributed by atoms with E-state index in [1.807, 2.05) is 19.1 Å². The van der Waals surface area contributed by atoms with Crippen molar-refractivity contribution in [1.29, 1.82) is 0 Å². The lowest BCUT2D eigenvalue weighted by Gasteiger charge is -2.28. The van der Waals surface area contributed by atoms with Crippen molar-refractivity contribution in [3.63, 3.8) is 0 Å². The average molecular weight is 388 g/mol. The van der Waals surface area contributed by atoms with E-state index in [1.165, 1.54) is 11.3 Å². The monoisotopic (exact) mass is 388 g/mol. The molecule has 1 saturated heterocycles. The molecule has 3 aromatic heterocycles. The summed E-state index contributed by atoms with van der Waals surface area (Å²) in [4.78, 5) is 28.5. The van der Waals surface area contributed by atoms with Gasteiger partial charge in [-0.15, -0.1) is 0 Å². The van der Waals surface area contributed by atoms with Gasteiger partial charge in [0.1, 0.15) is 11.6 Å². The molecule has 2 aliphatic rings. The quantitative estimate of drug-likeness (QED) is 0.684. The van der Waals surface area contributed by atoms with Crippen LogP contribution in [-0.2, 0) is 19.4 Å². The molecule has 0 N–H and O–H groups in total. The molecule has 1 aliphatic carbocycles. The normalized spacial score (nSPS) is 18.2. The number of hydrogen-bond donors (Lipinski definition) is 0. The van der Waals surface area contributed by atoms with E-state index < -0.39 is 0 Å². The fourth-order valence-corrected chi connectivity index (χ4v) is 4.52. The molecule has 5 rings (SSSR count). The molecule has 0 spiro atoms. The number of aryl methyl sites for hydroxylation is 2. The molecule has 1 aliphatic heterocycles. The Bertz CT molecular complexity index is 1090. The molecule has 0 saturated carbocycles. The van der Waals surface area contributed by atoms with Crippen molar-refractivity contribution in [3.8, 4) is 11.3 Å². The third kappa shape index (κ3) is 3.41. The number of aromatic nitrogens is 5. The van der Waals surface area contributed by atoms with Crippen molar-refractivity contribution in [3.05, 3.63) is 64.1 Å². The Morgan fingerprint density at radius 3 is 2.93 bits per heavy atom. The minimum atomic E-state index is -0.0754. The molecule has 7 nitrogen and oxygen atoms in total. The molecule has 0 radical (unpaired) electrons. The third-order valence-corrected chi connectivity index (χ3v) is 5.88. The first-order valence-electron chi connectivity index (χ1n) is 10.3. The number of fused-ring (bicyclic) bond motifs is 1. The summed E-state index contributed by atoms with van der Waals surface area (Å²) in [6.45, 7) is 3.49. The van der Waals surface area contributed by atoms with Gasteiger partial charge in [-0.3, -0.25) is 9.78 Å². The standard InChI is InChI=1S/C22H24N6O/c1-15-24-20-8-2-7-18(20)22(25-15)27-12-4-6-17(27)14-28-21(29)10-9-19(26-28)16-5-3-11-23-13-16/h3,5,9-11,13,17H,2,4,6-8,12,14H2,1H3. The SMILES string of the molecule is Cc1nc2c(c(N3CCCC3Cn3nc(-c4cccnc4)ccc3=O)n1)CCC2. The first-order valence-corrected chi connectivity index (χ1v) is 10.3. The molecule has 148 valence electrons. The number of rotatable bonds is 4. The lowest BCUT2D eigenvalue weighted by Crippen LogP contribution is -2.38. The van der Waals surface area contributed by atoms with Gasteiger partial charge in [-0.2, -0.15) is 5.10 Å². The van der Waals surface area contributed by atoms with E-state index in [0.717, 1.165) is 61.5 Å². The molecule has 1 unspecified atom stereocenters. The minimum Gasteiger partial charge on any atom is -0.351 e. The number of pyridine rings is 1. The summed E-state index contributed by atoms with van der Waals surface area (Å²) in [5.74, 6) is 1.91. The molecule has 1 fully saturated rings. The third-order valence-electron chi connectivity index (χ3n) is 5.88. The molecular formula is C22H24N6O. The Balaban J connectivity index is 1.46. The van der Waals surface area contributed by atoms with Crippen molar-refractivity contribution in [2.24, 2.45) is 0 Å². The van der Waals surface area contributed by atoms with Gasteiger partial charge in [-0.1, -0.05) is 0 Å². The van der Waals surface area contributed by atoms with Gasteiger partial charge in [-0.25, -0.2) is 14.6 Å². The first-order chi connectivity index (χ1) is 14.2. The fourth-order valence-electron chi connectivity index (χ4n) is 4.52. The van der Waals surface area contributed by atoms with Crippen LogP contribution in [0.5, 0.6) is 0 Å². The van der Waals surface area contributed by atoms with E-state index >= 15 is 0 Å². The number of anilines is 1. The maximum Gasteiger partial charge on any atom is 0.266 e. The Labute approximate surface area is 169 Å². The molecule has 29 heavy (non-hydrogen) atoms. The lowest BCUT2D eigenvalue weighted by atomic mass is 10.2. The Morgan fingerprint density at radius 2 is 2.07 bits per heavy atom. The zero-order valence-electron chi connectivity index (χ0n) is 16.6. The van der Waals surface area contributed by atoms with Crippen molar-refractivity contribution in [1.82, 2.24) is 24.7 Å². The summed E-state index contributed by atoms with van der Waals surface area (Å²) in [6, 6.07) is 7.41. The van der Waals surface area contributed by atoms with Gasteiger partial charge in [-0.05, 0) is 57.2 Å². The molecule has 0 bridgehead atoms. The summed E-state index contributed by atoms with van der Waals surface area (Å²) in [5.41, 5.74) is 4.10. The van der Waals surface area contributed by atoms with Crippen LogP contribution in [-0.4, -0.2) is 37.3 Å². The van der Waals surface area contributed by atoms with Gasteiger partial charge >= 0.3 is 0 Å². The molecule has 0 amide bonds. The van der Waals surface area contributed by atoms with E-state index in [1.54, 1.807) is 29.2 Å². The van der Waals surface area contributed by atoms with E-state index in [9.17, 15) is 4.79 Å². The van der Waals surface area contributed by atoms with Crippen LogP contribution in [0.15, 0.2) is 41.5 Å². The Morgan fingerprint density at radius 1 is 1.14 bits per heavy atom. The van der Waals surface area contributed by atoms with Gasteiger partial charge < -0.3 is 4.90 Å². The van der Waals surface area contributed by atoms with Crippen LogP contribution >= 0.6 is 0 Å². The van der Waals surface area contributed by atoms with Crippen LogP contribution in [0.25, 0.3) is 11.3 Å².